The summed E-state index contributed by atoms with van der Waals surface area (Å²) >= 11 is 0. The largest absolute Gasteiger partial charge is 0.481 e. The van der Waals surface area contributed by atoms with Gasteiger partial charge in [-0.3, -0.25) is 15.6 Å². The molecule has 2 rings (SSSR count). The zero-order valence-corrected chi connectivity index (χ0v) is 12.1. The van der Waals surface area contributed by atoms with Gasteiger partial charge in [0.25, 0.3) is 5.91 Å². The number of carbonyl (C=O) groups is 1. The van der Waals surface area contributed by atoms with Crippen molar-refractivity contribution in [2.45, 2.75) is 0 Å². The fraction of sp³-hybridized carbons (Fsp3) is 0.214. The molecule has 0 aliphatic heterocycles. The van der Waals surface area contributed by atoms with E-state index in [1.807, 2.05) is 31.1 Å². The fourth-order valence-corrected chi connectivity index (χ4v) is 1.63. The molecule has 2 aromatic rings. The zero-order chi connectivity index (χ0) is 15.2. The Balaban J connectivity index is 2.02. The van der Waals surface area contributed by atoms with E-state index in [0.29, 0.717) is 11.4 Å². The van der Waals surface area contributed by atoms with Crippen molar-refractivity contribution in [1.82, 2.24) is 15.4 Å². The van der Waals surface area contributed by atoms with Crippen molar-refractivity contribution < 1.29 is 9.53 Å². The van der Waals surface area contributed by atoms with E-state index in [2.05, 4.69) is 20.8 Å². The number of hydrazine groups is 1. The molecule has 2 N–H and O–H groups in total. The second-order valence-electron chi connectivity index (χ2n) is 4.45. The van der Waals surface area contributed by atoms with Crippen LogP contribution in [-0.2, 0) is 0 Å². The summed E-state index contributed by atoms with van der Waals surface area (Å²) < 4.78 is 4.98. The molecule has 21 heavy (non-hydrogen) atoms. The van der Waals surface area contributed by atoms with Crippen molar-refractivity contribution in [3.8, 4) is 5.88 Å². The molecule has 1 aromatic heterocycles. The van der Waals surface area contributed by atoms with Crippen LogP contribution in [0.2, 0.25) is 0 Å². The molecule has 0 fully saturated rings. The first-order chi connectivity index (χ1) is 10.1. The summed E-state index contributed by atoms with van der Waals surface area (Å²) in [5, 5.41) is 0. The van der Waals surface area contributed by atoms with Gasteiger partial charge in [0.2, 0.25) is 11.8 Å². The van der Waals surface area contributed by atoms with Gasteiger partial charge in [0, 0.05) is 37.6 Å². The van der Waals surface area contributed by atoms with Crippen LogP contribution in [0.3, 0.4) is 0 Å². The quantitative estimate of drug-likeness (QED) is 0.807. The lowest BCUT2D eigenvalue weighted by Gasteiger charge is -2.13. The number of hydrogen-bond acceptors (Lipinski definition) is 6. The maximum Gasteiger partial charge on any atom is 0.269 e. The number of carbonyl (C=O) groups excluding carboxylic acids is 1. The summed E-state index contributed by atoms with van der Waals surface area (Å²) in [6.07, 6.45) is 1.53. The molecule has 110 valence electrons. The van der Waals surface area contributed by atoms with Gasteiger partial charge in [-0.05, 0) is 18.2 Å². The minimum absolute atomic E-state index is 0.256. The molecule has 0 saturated carbocycles. The lowest BCUT2D eigenvalue weighted by atomic mass is 10.2. The van der Waals surface area contributed by atoms with Crippen molar-refractivity contribution in [3.63, 3.8) is 0 Å². The number of anilines is 2. The average Bonchev–Trinajstić information content (AvgIpc) is 2.53. The molecule has 0 unspecified atom stereocenters. The van der Waals surface area contributed by atoms with Crippen LogP contribution in [0.1, 0.15) is 10.4 Å². The van der Waals surface area contributed by atoms with Gasteiger partial charge in [-0.2, -0.15) is 4.98 Å². The predicted octanol–water partition coefficient (Wildman–Crippen LogP) is 1.31. The molecule has 0 bridgehead atoms. The molecule has 0 aliphatic rings. The Morgan fingerprint density at radius 1 is 1.29 bits per heavy atom. The van der Waals surface area contributed by atoms with Crippen LogP contribution in [0.25, 0.3) is 0 Å². The van der Waals surface area contributed by atoms with Crippen molar-refractivity contribution in [1.29, 1.82) is 0 Å². The van der Waals surface area contributed by atoms with Crippen LogP contribution in [-0.4, -0.2) is 37.1 Å². The van der Waals surface area contributed by atoms with E-state index in [9.17, 15) is 4.79 Å². The van der Waals surface area contributed by atoms with E-state index in [1.165, 1.54) is 13.3 Å². The van der Waals surface area contributed by atoms with Crippen LogP contribution in [0.4, 0.5) is 11.6 Å². The van der Waals surface area contributed by atoms with Crippen LogP contribution in [0.5, 0.6) is 5.88 Å². The third-order valence-electron chi connectivity index (χ3n) is 2.75. The topological polar surface area (TPSA) is 79.4 Å². The van der Waals surface area contributed by atoms with Gasteiger partial charge in [0.05, 0.1) is 7.11 Å². The van der Waals surface area contributed by atoms with Gasteiger partial charge in [-0.25, -0.2) is 4.98 Å². The van der Waals surface area contributed by atoms with E-state index >= 15 is 0 Å². The van der Waals surface area contributed by atoms with Gasteiger partial charge in [0.1, 0.15) is 0 Å². The molecule has 0 atom stereocenters. The molecule has 7 nitrogen and oxygen atoms in total. The molecule has 0 spiro atoms. The number of methoxy groups -OCH3 is 1. The summed E-state index contributed by atoms with van der Waals surface area (Å²) in [6.45, 7) is 0. The molecule has 0 aliphatic carbocycles. The lowest BCUT2D eigenvalue weighted by molar-refractivity contribution is 0.0962. The summed E-state index contributed by atoms with van der Waals surface area (Å²) in [4.78, 5) is 22.0. The third kappa shape index (κ3) is 3.82. The van der Waals surface area contributed by atoms with E-state index < -0.39 is 0 Å². The fourth-order valence-electron chi connectivity index (χ4n) is 1.63. The van der Waals surface area contributed by atoms with Crippen molar-refractivity contribution in [3.05, 3.63) is 42.1 Å². The van der Waals surface area contributed by atoms with Gasteiger partial charge >= 0.3 is 0 Å². The minimum atomic E-state index is -0.273. The predicted molar refractivity (Wildman–Crippen MR) is 80.4 cm³/mol. The second-order valence-corrected chi connectivity index (χ2v) is 4.45. The normalized spacial score (nSPS) is 9.86. The number of benzene rings is 1. The molecule has 0 saturated heterocycles. The van der Waals surface area contributed by atoms with Crippen molar-refractivity contribution in [2.24, 2.45) is 0 Å². The van der Waals surface area contributed by atoms with E-state index in [-0.39, 0.29) is 11.9 Å². The highest BCUT2D eigenvalue weighted by molar-refractivity contribution is 5.95. The summed E-state index contributed by atoms with van der Waals surface area (Å²) in [5.74, 6) is 0.396. The zero-order valence-electron chi connectivity index (χ0n) is 12.1. The number of hydrogen-bond donors (Lipinski definition) is 2. The monoisotopic (exact) mass is 287 g/mol. The molecule has 1 aromatic carbocycles. The van der Waals surface area contributed by atoms with Gasteiger partial charge in [0.15, 0.2) is 0 Å². The first-order valence-corrected chi connectivity index (χ1v) is 6.31. The van der Waals surface area contributed by atoms with Crippen LogP contribution < -0.4 is 20.5 Å². The second kappa shape index (κ2) is 6.56. The Morgan fingerprint density at radius 3 is 2.81 bits per heavy atom. The molecular weight excluding hydrogens is 270 g/mol. The standard InChI is InChI=1S/C14H17N5O2/c1-19(2)11-6-4-5-10(9-11)13(20)17-18-14-15-8-7-12(16-14)21-3/h4-9H,1-3H3,(H,17,20)(H,15,16,18). The molecule has 0 radical (unpaired) electrons. The van der Waals surface area contributed by atoms with E-state index in [1.54, 1.807) is 18.2 Å². The van der Waals surface area contributed by atoms with Crippen molar-refractivity contribution in [2.75, 3.05) is 31.5 Å². The lowest BCUT2D eigenvalue weighted by Crippen LogP contribution is -2.30. The van der Waals surface area contributed by atoms with E-state index in [0.717, 1.165) is 5.69 Å². The Bertz CT molecular complexity index is 630. The Hall–Kier alpha value is -2.83. The Morgan fingerprint density at radius 2 is 2.10 bits per heavy atom. The smallest absolute Gasteiger partial charge is 0.269 e. The number of aromatic nitrogens is 2. The highest BCUT2D eigenvalue weighted by Crippen LogP contribution is 2.13. The molecule has 1 heterocycles. The molecule has 1 amide bonds. The van der Waals surface area contributed by atoms with Gasteiger partial charge in [-0.1, -0.05) is 6.07 Å². The maximum atomic E-state index is 12.1. The first-order valence-electron chi connectivity index (χ1n) is 6.31. The summed E-state index contributed by atoms with van der Waals surface area (Å²) in [6, 6.07) is 8.90. The Labute approximate surface area is 122 Å². The van der Waals surface area contributed by atoms with Crippen molar-refractivity contribution >= 4 is 17.5 Å². The van der Waals surface area contributed by atoms with Gasteiger partial charge < -0.3 is 9.64 Å². The maximum absolute atomic E-state index is 12.1. The third-order valence-corrected chi connectivity index (χ3v) is 2.75. The average molecular weight is 287 g/mol. The summed E-state index contributed by atoms with van der Waals surface area (Å²) in [5.41, 5.74) is 6.68. The minimum Gasteiger partial charge on any atom is -0.481 e. The molecule has 7 heteroatoms. The number of rotatable bonds is 5. The SMILES string of the molecule is COc1ccnc(NNC(=O)c2cccc(N(C)C)c2)n1. The number of ether oxygens (including phenoxy) is 1. The molecular formula is C14H17N5O2. The van der Waals surface area contributed by atoms with E-state index in [4.69, 9.17) is 4.74 Å². The number of nitrogens with zero attached hydrogens (tertiary/aromatic N) is 3. The summed E-state index contributed by atoms with van der Waals surface area (Å²) in [7, 11) is 5.34. The highest BCUT2D eigenvalue weighted by atomic mass is 16.5. The number of nitrogens with one attached hydrogen (secondary N) is 2. The highest BCUT2D eigenvalue weighted by Gasteiger charge is 2.07. The first kappa shape index (κ1) is 14.6. The van der Waals surface area contributed by atoms with Gasteiger partial charge in [-0.15, -0.1) is 0 Å². The Kier molecular flexibility index (Phi) is 4.55. The van der Waals surface area contributed by atoms with Crippen LogP contribution >= 0.6 is 0 Å². The van der Waals surface area contributed by atoms with Crippen LogP contribution in [0.15, 0.2) is 36.5 Å². The number of amides is 1. The van der Waals surface area contributed by atoms with Crippen LogP contribution in [0, 0.1) is 0 Å².